The third-order valence-corrected chi connectivity index (χ3v) is 2.42. The molecule has 0 aromatic carbocycles. The zero-order valence-corrected chi connectivity index (χ0v) is 8.49. The van der Waals surface area contributed by atoms with Crippen molar-refractivity contribution in [1.82, 2.24) is 10.2 Å². The first kappa shape index (κ1) is 11.0. The molecule has 1 aliphatic heterocycles. The van der Waals surface area contributed by atoms with Crippen LogP contribution in [0.5, 0.6) is 0 Å². The van der Waals surface area contributed by atoms with E-state index in [9.17, 15) is 9.59 Å². The standard InChI is InChI=1S/C9H16N2O3/c1-6(2)7-4-11(5-9(13)14)8(12)3-10-7/h6-7,10H,3-5H2,1-2H3,(H,13,14). The van der Waals surface area contributed by atoms with Crippen molar-refractivity contribution in [3.63, 3.8) is 0 Å². The lowest BCUT2D eigenvalue weighted by Gasteiger charge is -2.34. The number of hydrogen-bond donors (Lipinski definition) is 2. The van der Waals surface area contributed by atoms with Crippen LogP contribution in [0.2, 0.25) is 0 Å². The molecule has 5 nitrogen and oxygen atoms in total. The normalized spacial score (nSPS) is 22.9. The lowest BCUT2D eigenvalue weighted by atomic mass is 10.0. The van der Waals surface area contributed by atoms with Crippen molar-refractivity contribution in [2.75, 3.05) is 19.6 Å². The highest BCUT2D eigenvalue weighted by atomic mass is 16.4. The molecule has 0 aliphatic carbocycles. The molecule has 1 atom stereocenters. The van der Waals surface area contributed by atoms with E-state index in [-0.39, 0.29) is 25.0 Å². The molecule has 1 aliphatic rings. The van der Waals surface area contributed by atoms with Gasteiger partial charge in [-0.05, 0) is 5.92 Å². The minimum atomic E-state index is -0.956. The fourth-order valence-electron chi connectivity index (χ4n) is 1.50. The molecule has 0 saturated carbocycles. The van der Waals surface area contributed by atoms with Crippen molar-refractivity contribution < 1.29 is 14.7 Å². The molecule has 0 bridgehead atoms. The van der Waals surface area contributed by atoms with Crippen molar-refractivity contribution >= 4 is 11.9 Å². The summed E-state index contributed by atoms with van der Waals surface area (Å²) < 4.78 is 0. The number of carboxylic acid groups (broad SMARTS) is 1. The van der Waals surface area contributed by atoms with Gasteiger partial charge in [-0.25, -0.2) is 0 Å². The summed E-state index contributed by atoms with van der Waals surface area (Å²) in [7, 11) is 0. The van der Waals surface area contributed by atoms with Crippen LogP contribution in [-0.4, -0.2) is 47.6 Å². The molecule has 1 saturated heterocycles. The predicted octanol–water partition coefficient (Wildman–Crippen LogP) is -0.473. The number of carbonyl (C=O) groups is 2. The minimum Gasteiger partial charge on any atom is -0.480 e. The van der Waals surface area contributed by atoms with E-state index in [0.29, 0.717) is 12.5 Å². The van der Waals surface area contributed by atoms with Gasteiger partial charge in [-0.1, -0.05) is 13.8 Å². The van der Waals surface area contributed by atoms with Crippen molar-refractivity contribution in [2.24, 2.45) is 5.92 Å². The summed E-state index contributed by atoms with van der Waals surface area (Å²) in [4.78, 5) is 23.2. The molecule has 1 heterocycles. The molecule has 2 N–H and O–H groups in total. The zero-order chi connectivity index (χ0) is 10.7. The Morgan fingerprint density at radius 2 is 2.36 bits per heavy atom. The Balaban J connectivity index is 2.55. The van der Waals surface area contributed by atoms with E-state index in [4.69, 9.17) is 5.11 Å². The molecule has 1 rings (SSSR count). The third kappa shape index (κ3) is 2.70. The first-order chi connectivity index (χ1) is 6.50. The second kappa shape index (κ2) is 4.41. The van der Waals surface area contributed by atoms with Gasteiger partial charge in [-0.15, -0.1) is 0 Å². The molecule has 14 heavy (non-hydrogen) atoms. The Labute approximate surface area is 83.1 Å². The Morgan fingerprint density at radius 3 is 2.86 bits per heavy atom. The number of rotatable bonds is 3. The summed E-state index contributed by atoms with van der Waals surface area (Å²) in [6, 6.07) is 0.201. The highest BCUT2D eigenvalue weighted by Gasteiger charge is 2.27. The van der Waals surface area contributed by atoms with Gasteiger partial charge in [0.05, 0.1) is 6.54 Å². The molecule has 1 fully saturated rings. The molecular weight excluding hydrogens is 184 g/mol. The molecule has 0 aromatic rings. The zero-order valence-electron chi connectivity index (χ0n) is 8.49. The van der Waals surface area contributed by atoms with E-state index in [1.165, 1.54) is 4.90 Å². The summed E-state index contributed by atoms with van der Waals surface area (Å²) >= 11 is 0. The monoisotopic (exact) mass is 200 g/mol. The van der Waals surface area contributed by atoms with Crippen LogP contribution in [0.15, 0.2) is 0 Å². The average molecular weight is 200 g/mol. The Bertz CT molecular complexity index is 240. The summed E-state index contributed by atoms with van der Waals surface area (Å²) in [6.07, 6.45) is 0. The maximum atomic E-state index is 11.3. The van der Waals surface area contributed by atoms with Gasteiger partial charge in [0.1, 0.15) is 6.54 Å². The van der Waals surface area contributed by atoms with E-state index in [0.717, 1.165) is 0 Å². The number of amides is 1. The maximum Gasteiger partial charge on any atom is 0.323 e. The van der Waals surface area contributed by atoms with Gasteiger partial charge >= 0.3 is 5.97 Å². The highest BCUT2D eigenvalue weighted by Crippen LogP contribution is 2.08. The van der Waals surface area contributed by atoms with Gasteiger partial charge < -0.3 is 15.3 Å². The van der Waals surface area contributed by atoms with Crippen LogP contribution in [0, 0.1) is 5.92 Å². The first-order valence-corrected chi connectivity index (χ1v) is 4.73. The lowest BCUT2D eigenvalue weighted by molar-refractivity contribution is -0.145. The predicted molar refractivity (Wildman–Crippen MR) is 50.8 cm³/mol. The molecule has 0 spiro atoms. The average Bonchev–Trinajstić information content (AvgIpc) is 2.07. The molecule has 1 amide bonds. The Hall–Kier alpha value is -1.10. The van der Waals surface area contributed by atoms with Crippen LogP contribution < -0.4 is 5.32 Å². The Kier molecular flexibility index (Phi) is 3.46. The van der Waals surface area contributed by atoms with Gasteiger partial charge in [-0.2, -0.15) is 0 Å². The van der Waals surface area contributed by atoms with E-state index >= 15 is 0 Å². The smallest absolute Gasteiger partial charge is 0.323 e. The molecule has 1 unspecified atom stereocenters. The molecule has 5 heteroatoms. The van der Waals surface area contributed by atoms with Gasteiger partial charge in [0, 0.05) is 12.6 Å². The topological polar surface area (TPSA) is 69.6 Å². The van der Waals surface area contributed by atoms with Crippen LogP contribution >= 0.6 is 0 Å². The quantitative estimate of drug-likeness (QED) is 0.646. The Morgan fingerprint density at radius 1 is 1.71 bits per heavy atom. The van der Waals surface area contributed by atoms with Gasteiger partial charge in [-0.3, -0.25) is 9.59 Å². The second-order valence-electron chi connectivity index (χ2n) is 3.90. The van der Waals surface area contributed by atoms with Crippen molar-refractivity contribution in [2.45, 2.75) is 19.9 Å². The lowest BCUT2D eigenvalue weighted by Crippen LogP contribution is -2.56. The van der Waals surface area contributed by atoms with Gasteiger partial charge in [0.2, 0.25) is 5.91 Å². The van der Waals surface area contributed by atoms with E-state index in [2.05, 4.69) is 5.32 Å². The maximum absolute atomic E-state index is 11.3. The second-order valence-corrected chi connectivity index (χ2v) is 3.90. The number of nitrogens with one attached hydrogen (secondary N) is 1. The number of carbonyl (C=O) groups excluding carboxylic acids is 1. The van der Waals surface area contributed by atoms with Crippen LogP contribution in [0.4, 0.5) is 0 Å². The van der Waals surface area contributed by atoms with Crippen molar-refractivity contribution in [3.8, 4) is 0 Å². The minimum absolute atomic E-state index is 0.135. The van der Waals surface area contributed by atoms with Crippen molar-refractivity contribution in [3.05, 3.63) is 0 Å². The highest BCUT2D eigenvalue weighted by molar-refractivity contribution is 5.83. The summed E-state index contributed by atoms with van der Waals surface area (Å²) in [5.41, 5.74) is 0. The fraction of sp³-hybridized carbons (Fsp3) is 0.778. The van der Waals surface area contributed by atoms with Crippen LogP contribution in [0.3, 0.4) is 0 Å². The first-order valence-electron chi connectivity index (χ1n) is 4.73. The van der Waals surface area contributed by atoms with Crippen LogP contribution in [0.25, 0.3) is 0 Å². The van der Waals surface area contributed by atoms with E-state index < -0.39 is 5.97 Å². The molecule has 80 valence electrons. The number of piperazine rings is 1. The molecular formula is C9H16N2O3. The largest absolute Gasteiger partial charge is 0.480 e. The summed E-state index contributed by atoms with van der Waals surface area (Å²) in [6.45, 7) is 4.64. The summed E-state index contributed by atoms with van der Waals surface area (Å²) in [5, 5.41) is 11.7. The van der Waals surface area contributed by atoms with Crippen LogP contribution in [-0.2, 0) is 9.59 Å². The third-order valence-electron chi connectivity index (χ3n) is 2.42. The number of aliphatic carboxylic acids is 1. The van der Waals surface area contributed by atoms with Gasteiger partial charge in [0.25, 0.3) is 0 Å². The number of hydrogen-bond acceptors (Lipinski definition) is 3. The number of carboxylic acids is 1. The van der Waals surface area contributed by atoms with Crippen LogP contribution in [0.1, 0.15) is 13.8 Å². The van der Waals surface area contributed by atoms with Crippen molar-refractivity contribution in [1.29, 1.82) is 0 Å². The SMILES string of the molecule is CC(C)C1CN(CC(=O)O)C(=O)CN1. The summed E-state index contributed by atoms with van der Waals surface area (Å²) in [5.74, 6) is -0.688. The molecule has 0 radical (unpaired) electrons. The number of nitrogens with zero attached hydrogens (tertiary/aromatic N) is 1. The fourth-order valence-corrected chi connectivity index (χ4v) is 1.50. The van der Waals surface area contributed by atoms with E-state index in [1.807, 2.05) is 13.8 Å². The molecule has 0 aromatic heterocycles. The van der Waals surface area contributed by atoms with Gasteiger partial charge in [0.15, 0.2) is 0 Å². The van der Waals surface area contributed by atoms with E-state index in [1.54, 1.807) is 0 Å².